The second-order valence-electron chi connectivity index (χ2n) is 9.55. The SMILES string of the molecule is CC(C)=C/C=N\C(Cc1cc(-c2ncnc3cc(N4CCOCC4)cc(F)c23)c(F)cc1C)=C(C)C. The Hall–Kier alpha value is -3.45. The molecule has 0 bridgehead atoms. The Balaban J connectivity index is 1.77. The number of anilines is 1. The van der Waals surface area contributed by atoms with Gasteiger partial charge in [0.15, 0.2) is 0 Å². The van der Waals surface area contributed by atoms with Crippen molar-refractivity contribution in [2.75, 3.05) is 31.2 Å². The molecule has 1 aromatic heterocycles. The quantitative estimate of drug-likeness (QED) is 0.366. The van der Waals surface area contributed by atoms with Gasteiger partial charge in [-0.1, -0.05) is 11.1 Å². The van der Waals surface area contributed by atoms with Crippen molar-refractivity contribution in [3.05, 3.63) is 76.3 Å². The Morgan fingerprint density at radius 2 is 1.78 bits per heavy atom. The smallest absolute Gasteiger partial charge is 0.136 e. The van der Waals surface area contributed by atoms with Crippen LogP contribution in [-0.2, 0) is 11.2 Å². The van der Waals surface area contributed by atoms with Gasteiger partial charge in [-0.15, -0.1) is 0 Å². The van der Waals surface area contributed by atoms with Crippen molar-refractivity contribution in [2.45, 2.75) is 41.0 Å². The van der Waals surface area contributed by atoms with E-state index in [2.05, 4.69) is 19.9 Å². The summed E-state index contributed by atoms with van der Waals surface area (Å²) in [5.74, 6) is -0.915. The lowest BCUT2D eigenvalue weighted by molar-refractivity contribution is 0.122. The van der Waals surface area contributed by atoms with Crippen molar-refractivity contribution in [1.29, 1.82) is 0 Å². The lowest BCUT2D eigenvalue weighted by Gasteiger charge is -2.29. The molecular weight excluding hydrogens is 458 g/mol. The molecule has 3 aromatic rings. The van der Waals surface area contributed by atoms with Gasteiger partial charge in [0.05, 0.1) is 29.8 Å². The van der Waals surface area contributed by atoms with Crippen LogP contribution < -0.4 is 4.90 Å². The topological polar surface area (TPSA) is 50.6 Å². The fourth-order valence-corrected chi connectivity index (χ4v) is 4.23. The zero-order chi connectivity index (χ0) is 25.8. The largest absolute Gasteiger partial charge is 0.378 e. The number of aromatic nitrogens is 2. The Kier molecular flexibility index (Phi) is 7.89. The van der Waals surface area contributed by atoms with E-state index in [0.29, 0.717) is 38.2 Å². The molecule has 36 heavy (non-hydrogen) atoms. The number of benzene rings is 2. The Labute approximate surface area is 211 Å². The van der Waals surface area contributed by atoms with E-state index in [4.69, 9.17) is 4.74 Å². The minimum absolute atomic E-state index is 0.215. The highest BCUT2D eigenvalue weighted by Gasteiger charge is 2.20. The van der Waals surface area contributed by atoms with E-state index >= 15 is 8.78 Å². The Morgan fingerprint density at radius 1 is 1.03 bits per heavy atom. The first kappa shape index (κ1) is 25.6. The summed E-state index contributed by atoms with van der Waals surface area (Å²) in [4.78, 5) is 15.3. The van der Waals surface area contributed by atoms with Crippen LogP contribution in [0.15, 0.2) is 58.5 Å². The van der Waals surface area contributed by atoms with E-state index < -0.39 is 11.6 Å². The van der Waals surface area contributed by atoms with Crippen LogP contribution in [0.2, 0.25) is 0 Å². The number of halogens is 2. The number of ether oxygens (including phenoxy) is 1. The van der Waals surface area contributed by atoms with Gasteiger partial charge in [-0.2, -0.15) is 0 Å². The normalized spacial score (nSPS) is 13.9. The van der Waals surface area contributed by atoms with E-state index in [1.54, 1.807) is 12.3 Å². The number of nitrogens with zero attached hydrogens (tertiary/aromatic N) is 4. The fourth-order valence-electron chi connectivity index (χ4n) is 4.23. The number of allylic oxidation sites excluding steroid dienone is 4. The molecule has 1 aliphatic rings. The summed E-state index contributed by atoms with van der Waals surface area (Å²) in [6, 6.07) is 6.57. The number of hydrogen-bond donors (Lipinski definition) is 0. The van der Waals surface area contributed by atoms with Gasteiger partial charge in [-0.05, 0) is 76.1 Å². The summed E-state index contributed by atoms with van der Waals surface area (Å²) in [6.45, 7) is 12.5. The van der Waals surface area contributed by atoms with Gasteiger partial charge in [-0.3, -0.25) is 4.99 Å². The van der Waals surface area contributed by atoms with Crippen LogP contribution in [0.4, 0.5) is 14.5 Å². The van der Waals surface area contributed by atoms with Crippen LogP contribution in [0, 0.1) is 18.6 Å². The minimum atomic E-state index is -0.470. The van der Waals surface area contributed by atoms with E-state index in [1.165, 1.54) is 18.5 Å². The molecule has 0 radical (unpaired) electrons. The van der Waals surface area contributed by atoms with Crippen molar-refractivity contribution in [3.63, 3.8) is 0 Å². The number of fused-ring (bicyclic) bond motifs is 1. The number of aryl methyl sites for hydroxylation is 1. The summed E-state index contributed by atoms with van der Waals surface area (Å²) in [5.41, 5.74) is 6.53. The second-order valence-corrected chi connectivity index (χ2v) is 9.55. The zero-order valence-corrected chi connectivity index (χ0v) is 21.5. The third kappa shape index (κ3) is 5.68. The van der Waals surface area contributed by atoms with E-state index in [1.807, 2.05) is 46.8 Å². The highest BCUT2D eigenvalue weighted by molar-refractivity contribution is 5.94. The number of aliphatic imine (C=N–C) groups is 1. The van der Waals surface area contributed by atoms with Gasteiger partial charge >= 0.3 is 0 Å². The zero-order valence-electron chi connectivity index (χ0n) is 21.5. The second kappa shape index (κ2) is 11.1. The van der Waals surface area contributed by atoms with E-state index in [9.17, 15) is 0 Å². The Bertz CT molecular complexity index is 1360. The molecule has 1 fully saturated rings. The van der Waals surface area contributed by atoms with Crippen molar-refractivity contribution >= 4 is 22.8 Å². The maximum atomic E-state index is 15.5. The summed E-state index contributed by atoms with van der Waals surface area (Å²) in [5, 5.41) is 0.215. The molecule has 0 unspecified atom stereocenters. The van der Waals surface area contributed by atoms with Crippen molar-refractivity contribution in [2.24, 2.45) is 4.99 Å². The maximum Gasteiger partial charge on any atom is 0.136 e. The average Bonchev–Trinajstić information content (AvgIpc) is 2.84. The van der Waals surface area contributed by atoms with E-state index in [0.717, 1.165) is 33.7 Å². The number of hydrogen-bond acceptors (Lipinski definition) is 5. The standard InChI is InChI=1S/C29H32F2N4O/c1-18(2)6-7-32-26(19(3)4)14-21-13-23(24(30)12-20(21)5)29-28-25(31)15-22(16-27(28)33-17-34-29)35-8-10-36-11-9-35/h6-7,12-13,15-17H,8-11,14H2,1-5H3/b32-7-. The summed E-state index contributed by atoms with van der Waals surface area (Å²) in [6.07, 6.45) is 5.63. The first-order chi connectivity index (χ1) is 17.2. The fraction of sp³-hybridized carbons (Fsp3) is 0.345. The molecule has 0 aliphatic carbocycles. The molecule has 7 heteroatoms. The van der Waals surface area contributed by atoms with Crippen LogP contribution in [0.3, 0.4) is 0 Å². The predicted molar refractivity (Wildman–Crippen MR) is 143 cm³/mol. The molecule has 0 spiro atoms. The maximum absolute atomic E-state index is 15.5. The number of morpholine rings is 1. The molecule has 1 aliphatic heterocycles. The molecule has 0 N–H and O–H groups in total. The number of rotatable bonds is 6. The Morgan fingerprint density at radius 3 is 2.47 bits per heavy atom. The van der Waals surface area contributed by atoms with Crippen LogP contribution >= 0.6 is 0 Å². The predicted octanol–water partition coefficient (Wildman–Crippen LogP) is 6.59. The van der Waals surface area contributed by atoms with Crippen LogP contribution in [-0.4, -0.2) is 42.5 Å². The lowest BCUT2D eigenvalue weighted by atomic mass is 9.96. The molecule has 0 amide bonds. The van der Waals surface area contributed by atoms with Crippen LogP contribution in [0.1, 0.15) is 38.8 Å². The molecule has 0 saturated carbocycles. The molecule has 0 atom stereocenters. The van der Waals surface area contributed by atoms with Crippen molar-refractivity contribution in [3.8, 4) is 11.3 Å². The van der Waals surface area contributed by atoms with Gasteiger partial charge in [0.25, 0.3) is 0 Å². The molecule has 4 rings (SSSR count). The molecule has 188 valence electrons. The van der Waals surface area contributed by atoms with Crippen molar-refractivity contribution < 1.29 is 13.5 Å². The highest BCUT2D eigenvalue weighted by atomic mass is 19.1. The minimum Gasteiger partial charge on any atom is -0.378 e. The molecule has 1 saturated heterocycles. The van der Waals surface area contributed by atoms with Gasteiger partial charge in [-0.25, -0.2) is 18.7 Å². The first-order valence-electron chi connectivity index (χ1n) is 12.1. The first-order valence-corrected chi connectivity index (χ1v) is 12.1. The van der Waals surface area contributed by atoms with Gasteiger partial charge in [0, 0.05) is 42.7 Å². The molecule has 2 heterocycles. The molecule has 5 nitrogen and oxygen atoms in total. The van der Waals surface area contributed by atoms with Crippen LogP contribution in [0.5, 0.6) is 0 Å². The third-order valence-corrected chi connectivity index (χ3v) is 6.30. The van der Waals surface area contributed by atoms with Gasteiger partial charge in [0.2, 0.25) is 0 Å². The molecule has 2 aromatic carbocycles. The third-order valence-electron chi connectivity index (χ3n) is 6.30. The lowest BCUT2D eigenvalue weighted by Crippen LogP contribution is -2.36. The average molecular weight is 491 g/mol. The summed E-state index contributed by atoms with van der Waals surface area (Å²) < 4.78 is 36.2. The summed E-state index contributed by atoms with van der Waals surface area (Å²) >= 11 is 0. The summed E-state index contributed by atoms with van der Waals surface area (Å²) in [7, 11) is 0. The monoisotopic (exact) mass is 490 g/mol. The van der Waals surface area contributed by atoms with Crippen LogP contribution in [0.25, 0.3) is 22.2 Å². The van der Waals surface area contributed by atoms with Gasteiger partial charge in [0.1, 0.15) is 18.0 Å². The molecular formula is C29H32F2N4O. The van der Waals surface area contributed by atoms with Crippen molar-refractivity contribution in [1.82, 2.24) is 9.97 Å². The van der Waals surface area contributed by atoms with E-state index in [-0.39, 0.29) is 16.6 Å². The van der Waals surface area contributed by atoms with Gasteiger partial charge < -0.3 is 9.64 Å². The highest BCUT2D eigenvalue weighted by Crippen LogP contribution is 2.34.